The van der Waals surface area contributed by atoms with Crippen LogP contribution >= 0.6 is 0 Å². The largest absolute Gasteiger partial charge is 0.395 e. The van der Waals surface area contributed by atoms with Crippen LogP contribution in [0, 0.1) is 0 Å². The van der Waals surface area contributed by atoms with E-state index in [1.165, 1.54) is 0 Å². The fourth-order valence-corrected chi connectivity index (χ4v) is 0.624. The van der Waals surface area contributed by atoms with Gasteiger partial charge >= 0.3 is 0 Å². The number of carbonyl (C=O) groups is 1. The Labute approximate surface area is 69.8 Å². The molecule has 0 aromatic heterocycles. The van der Waals surface area contributed by atoms with Crippen LogP contribution in [0.4, 0.5) is 0 Å². The van der Waals surface area contributed by atoms with Crippen molar-refractivity contribution in [2.24, 2.45) is 11.5 Å². The van der Waals surface area contributed by atoms with E-state index in [4.69, 9.17) is 26.8 Å². The summed E-state index contributed by atoms with van der Waals surface area (Å²) in [5.74, 6) is -0.862. The van der Waals surface area contributed by atoms with Gasteiger partial charge < -0.3 is 26.8 Å². The standard InChI is InChI=1S/C6H14N2O4/c7-1-4(10)6(12)5(11)3(8)2-9/h3-5,9-11H,1-2,7-8H2/t3-,4+,5+/m0/s1. The summed E-state index contributed by atoms with van der Waals surface area (Å²) in [6.07, 6.45) is -2.98. The molecule has 7 N–H and O–H groups in total. The normalized spacial score (nSPS) is 18.4. The van der Waals surface area contributed by atoms with Crippen LogP contribution in [0.1, 0.15) is 0 Å². The lowest BCUT2D eigenvalue weighted by atomic mass is 10.0. The van der Waals surface area contributed by atoms with Crippen LogP contribution in [-0.4, -0.2) is 52.5 Å². The average Bonchev–Trinajstić information content (AvgIpc) is 2.12. The van der Waals surface area contributed by atoms with Crippen molar-refractivity contribution in [3.63, 3.8) is 0 Å². The first-order valence-corrected chi connectivity index (χ1v) is 3.51. The maximum Gasteiger partial charge on any atom is 0.192 e. The lowest BCUT2D eigenvalue weighted by Gasteiger charge is -2.17. The third-order valence-electron chi connectivity index (χ3n) is 1.46. The van der Waals surface area contributed by atoms with Gasteiger partial charge in [0.05, 0.1) is 12.6 Å². The quantitative estimate of drug-likeness (QED) is 0.298. The first kappa shape index (κ1) is 11.5. The molecule has 0 radical (unpaired) electrons. The highest BCUT2D eigenvalue weighted by Crippen LogP contribution is 1.95. The summed E-state index contributed by atoms with van der Waals surface area (Å²) in [5.41, 5.74) is 10.1. The predicted molar refractivity (Wildman–Crippen MR) is 41.1 cm³/mol. The summed E-state index contributed by atoms with van der Waals surface area (Å²) in [5, 5.41) is 26.4. The SMILES string of the molecule is NC[C@@H](O)C(=O)[C@H](O)[C@@H](N)CO. The summed E-state index contributed by atoms with van der Waals surface area (Å²) >= 11 is 0. The first-order valence-electron chi connectivity index (χ1n) is 3.51. The van der Waals surface area contributed by atoms with E-state index >= 15 is 0 Å². The number of rotatable bonds is 5. The highest BCUT2D eigenvalue weighted by atomic mass is 16.3. The first-order chi connectivity index (χ1) is 5.54. The van der Waals surface area contributed by atoms with Gasteiger partial charge in [0.25, 0.3) is 0 Å². The second-order valence-electron chi connectivity index (χ2n) is 2.45. The molecule has 0 fully saturated rings. The Bertz CT molecular complexity index is 152. The Balaban J connectivity index is 4.09. The van der Waals surface area contributed by atoms with E-state index in [2.05, 4.69) is 0 Å². The molecule has 0 amide bonds. The molecule has 0 aliphatic rings. The molecule has 0 aromatic rings. The van der Waals surface area contributed by atoms with Gasteiger partial charge in [0.1, 0.15) is 12.2 Å². The van der Waals surface area contributed by atoms with Gasteiger partial charge in [0, 0.05) is 6.54 Å². The number of Topliss-reactive ketones (excluding diaryl/α,β-unsaturated/α-hetero) is 1. The van der Waals surface area contributed by atoms with Gasteiger partial charge in [0.15, 0.2) is 5.78 Å². The molecule has 0 spiro atoms. The molecule has 0 rings (SSSR count). The summed E-state index contributed by atoms with van der Waals surface area (Å²) in [4.78, 5) is 10.9. The highest BCUT2D eigenvalue weighted by molar-refractivity contribution is 5.87. The van der Waals surface area contributed by atoms with E-state index in [0.717, 1.165) is 0 Å². The van der Waals surface area contributed by atoms with Gasteiger partial charge in [-0.2, -0.15) is 0 Å². The maximum absolute atomic E-state index is 10.9. The van der Waals surface area contributed by atoms with Gasteiger partial charge in [-0.15, -0.1) is 0 Å². The number of carbonyl (C=O) groups excluding carboxylic acids is 1. The van der Waals surface area contributed by atoms with Crippen molar-refractivity contribution in [2.75, 3.05) is 13.2 Å². The molecule has 3 atom stereocenters. The van der Waals surface area contributed by atoms with Crippen LogP contribution in [0.3, 0.4) is 0 Å². The number of hydrogen-bond donors (Lipinski definition) is 5. The highest BCUT2D eigenvalue weighted by Gasteiger charge is 2.26. The Morgan fingerprint density at radius 3 is 2.25 bits per heavy atom. The molecule has 0 aromatic carbocycles. The minimum absolute atomic E-state index is 0.270. The molecule has 0 heterocycles. The Morgan fingerprint density at radius 2 is 1.92 bits per heavy atom. The summed E-state index contributed by atoms with van der Waals surface area (Å²) in [6.45, 7) is -0.793. The van der Waals surface area contributed by atoms with Crippen molar-refractivity contribution in [3.8, 4) is 0 Å². The topological polar surface area (TPSA) is 130 Å². The van der Waals surface area contributed by atoms with Crippen LogP contribution in [0.15, 0.2) is 0 Å². The summed E-state index contributed by atoms with van der Waals surface area (Å²) in [7, 11) is 0. The van der Waals surface area contributed by atoms with Crippen molar-refractivity contribution in [2.45, 2.75) is 18.2 Å². The lowest BCUT2D eigenvalue weighted by molar-refractivity contribution is -0.136. The number of nitrogens with two attached hydrogens (primary N) is 2. The van der Waals surface area contributed by atoms with E-state index in [-0.39, 0.29) is 6.54 Å². The third kappa shape index (κ3) is 2.84. The van der Waals surface area contributed by atoms with Gasteiger partial charge in [-0.25, -0.2) is 0 Å². The van der Waals surface area contributed by atoms with Crippen LogP contribution in [0.2, 0.25) is 0 Å². The van der Waals surface area contributed by atoms with E-state index in [1.54, 1.807) is 0 Å². The zero-order valence-electron chi connectivity index (χ0n) is 6.55. The number of aliphatic hydroxyl groups is 3. The molecule has 0 unspecified atom stereocenters. The molecule has 0 saturated carbocycles. The molecule has 6 heteroatoms. The van der Waals surface area contributed by atoms with Crippen molar-refractivity contribution < 1.29 is 20.1 Å². The Morgan fingerprint density at radius 1 is 1.42 bits per heavy atom. The smallest absolute Gasteiger partial charge is 0.192 e. The van der Waals surface area contributed by atoms with Crippen LogP contribution in [0.5, 0.6) is 0 Å². The van der Waals surface area contributed by atoms with Gasteiger partial charge in [-0.05, 0) is 0 Å². The van der Waals surface area contributed by atoms with Gasteiger partial charge in [0.2, 0.25) is 0 Å². The third-order valence-corrected chi connectivity index (χ3v) is 1.46. The summed E-state index contributed by atoms with van der Waals surface area (Å²) < 4.78 is 0. The molecular weight excluding hydrogens is 164 g/mol. The molecular formula is C6H14N2O4. The van der Waals surface area contributed by atoms with E-state index < -0.39 is 30.6 Å². The Kier molecular flexibility index (Phi) is 4.95. The maximum atomic E-state index is 10.9. The number of ketones is 1. The fourth-order valence-electron chi connectivity index (χ4n) is 0.624. The summed E-state index contributed by atoms with van der Waals surface area (Å²) in [6, 6.07) is -1.07. The number of hydrogen-bond acceptors (Lipinski definition) is 6. The predicted octanol–water partition coefficient (Wildman–Crippen LogP) is -3.44. The van der Waals surface area contributed by atoms with E-state index in [9.17, 15) is 4.79 Å². The lowest BCUT2D eigenvalue weighted by Crippen LogP contribution is -2.48. The second kappa shape index (κ2) is 5.18. The zero-order valence-corrected chi connectivity index (χ0v) is 6.55. The Hall–Kier alpha value is -0.530. The van der Waals surface area contributed by atoms with Gasteiger partial charge in [-0.1, -0.05) is 0 Å². The van der Waals surface area contributed by atoms with Crippen LogP contribution in [0.25, 0.3) is 0 Å². The van der Waals surface area contributed by atoms with Crippen molar-refractivity contribution in [3.05, 3.63) is 0 Å². The van der Waals surface area contributed by atoms with Gasteiger partial charge in [-0.3, -0.25) is 4.79 Å². The van der Waals surface area contributed by atoms with Crippen molar-refractivity contribution >= 4 is 5.78 Å². The monoisotopic (exact) mass is 178 g/mol. The fraction of sp³-hybridized carbons (Fsp3) is 0.833. The van der Waals surface area contributed by atoms with E-state index in [1.807, 2.05) is 0 Å². The average molecular weight is 178 g/mol. The van der Waals surface area contributed by atoms with E-state index in [0.29, 0.717) is 0 Å². The molecule has 0 saturated heterocycles. The minimum Gasteiger partial charge on any atom is -0.395 e. The molecule has 0 aliphatic heterocycles. The van der Waals surface area contributed by atoms with Crippen LogP contribution < -0.4 is 11.5 Å². The van der Waals surface area contributed by atoms with Crippen LogP contribution in [-0.2, 0) is 4.79 Å². The number of aliphatic hydroxyl groups excluding tert-OH is 3. The second-order valence-corrected chi connectivity index (χ2v) is 2.45. The minimum atomic E-state index is -1.56. The zero-order chi connectivity index (χ0) is 9.72. The molecule has 72 valence electrons. The molecule has 12 heavy (non-hydrogen) atoms. The van der Waals surface area contributed by atoms with Crippen molar-refractivity contribution in [1.29, 1.82) is 0 Å². The molecule has 6 nitrogen and oxygen atoms in total. The molecule has 0 bridgehead atoms. The molecule has 0 aliphatic carbocycles. The van der Waals surface area contributed by atoms with Crippen molar-refractivity contribution in [1.82, 2.24) is 0 Å².